The Labute approximate surface area is 170 Å². The molecule has 0 aliphatic carbocycles. The van der Waals surface area contributed by atoms with Crippen LogP contribution >= 0.6 is 0 Å². The van der Waals surface area contributed by atoms with Crippen LogP contribution in [0.5, 0.6) is 5.75 Å². The van der Waals surface area contributed by atoms with Crippen molar-refractivity contribution in [3.8, 4) is 5.75 Å². The topological polar surface area (TPSA) is 58.1 Å². The smallest absolute Gasteiger partial charge is 0.191 e. The number of hydrogen-bond acceptors (Lipinski definition) is 4. The van der Waals surface area contributed by atoms with Gasteiger partial charge < -0.3 is 25.0 Å². The molecule has 6 nitrogen and oxygen atoms in total. The van der Waals surface area contributed by atoms with Crippen molar-refractivity contribution in [1.29, 1.82) is 0 Å². The van der Waals surface area contributed by atoms with Gasteiger partial charge in [-0.2, -0.15) is 0 Å². The lowest BCUT2D eigenvalue weighted by atomic mass is 9.89. The minimum atomic E-state index is 0.0657. The van der Waals surface area contributed by atoms with Gasteiger partial charge in [0, 0.05) is 33.3 Å². The van der Waals surface area contributed by atoms with Gasteiger partial charge in [-0.15, -0.1) is 0 Å². The molecule has 0 saturated carbocycles. The third-order valence-corrected chi connectivity index (χ3v) is 5.28. The van der Waals surface area contributed by atoms with Crippen LogP contribution in [-0.4, -0.2) is 59.0 Å². The molecule has 6 heteroatoms. The molecule has 0 radical (unpaired) electrons. The van der Waals surface area contributed by atoms with E-state index in [1.54, 1.807) is 14.2 Å². The number of methoxy groups -OCH3 is 2. The Hall–Kier alpha value is -1.95. The van der Waals surface area contributed by atoms with Gasteiger partial charge in [0.2, 0.25) is 0 Å². The summed E-state index contributed by atoms with van der Waals surface area (Å²) < 4.78 is 11.1. The monoisotopic (exact) mass is 390 g/mol. The zero-order valence-corrected chi connectivity index (χ0v) is 18.4. The minimum absolute atomic E-state index is 0.0657. The van der Waals surface area contributed by atoms with E-state index in [1.807, 2.05) is 12.1 Å². The standard InChI is InChI=1S/C22H38N4O2/c1-7-23-21(25-15-20(28-6)22(2,3)4)24-14-17-12-13-26(16-17)18-10-8-9-11-19(18)27-5/h8-11,17,20H,7,12-16H2,1-6H3,(H2,23,24,25). The van der Waals surface area contributed by atoms with Crippen LogP contribution in [0.1, 0.15) is 34.1 Å². The molecular weight excluding hydrogens is 352 g/mol. The molecule has 0 bridgehead atoms. The van der Waals surface area contributed by atoms with Crippen LogP contribution in [0.4, 0.5) is 5.69 Å². The number of aliphatic imine (C=N–C) groups is 1. The van der Waals surface area contributed by atoms with E-state index in [0.29, 0.717) is 12.5 Å². The summed E-state index contributed by atoms with van der Waals surface area (Å²) in [4.78, 5) is 7.16. The number of ether oxygens (including phenoxy) is 2. The molecule has 2 unspecified atom stereocenters. The summed E-state index contributed by atoms with van der Waals surface area (Å²) in [5.41, 5.74) is 1.25. The number of anilines is 1. The summed E-state index contributed by atoms with van der Waals surface area (Å²) >= 11 is 0. The van der Waals surface area contributed by atoms with Crippen molar-refractivity contribution >= 4 is 11.6 Å². The van der Waals surface area contributed by atoms with Gasteiger partial charge in [-0.1, -0.05) is 32.9 Å². The molecule has 1 heterocycles. The van der Waals surface area contributed by atoms with E-state index in [9.17, 15) is 0 Å². The van der Waals surface area contributed by atoms with Crippen molar-refractivity contribution in [2.75, 3.05) is 51.8 Å². The predicted octanol–water partition coefficient (Wildman–Crippen LogP) is 3.14. The minimum Gasteiger partial charge on any atom is -0.495 e. The molecule has 0 amide bonds. The molecule has 1 fully saturated rings. The van der Waals surface area contributed by atoms with Gasteiger partial charge in [-0.05, 0) is 36.8 Å². The van der Waals surface area contributed by atoms with Crippen molar-refractivity contribution in [3.05, 3.63) is 24.3 Å². The second-order valence-electron chi connectivity index (χ2n) is 8.46. The van der Waals surface area contributed by atoms with Crippen LogP contribution in [0.3, 0.4) is 0 Å². The molecule has 1 aromatic rings. The first-order valence-corrected chi connectivity index (χ1v) is 10.3. The van der Waals surface area contributed by atoms with Gasteiger partial charge >= 0.3 is 0 Å². The summed E-state index contributed by atoms with van der Waals surface area (Å²) in [5, 5.41) is 6.87. The highest BCUT2D eigenvalue weighted by atomic mass is 16.5. The quantitative estimate of drug-likeness (QED) is 0.528. The van der Waals surface area contributed by atoms with Crippen molar-refractivity contribution < 1.29 is 9.47 Å². The third-order valence-electron chi connectivity index (χ3n) is 5.28. The lowest BCUT2D eigenvalue weighted by Crippen LogP contribution is -2.41. The lowest BCUT2D eigenvalue weighted by molar-refractivity contribution is 0.0241. The first-order chi connectivity index (χ1) is 13.4. The van der Waals surface area contributed by atoms with Gasteiger partial charge in [0.15, 0.2) is 5.96 Å². The second kappa shape index (κ2) is 10.6. The first kappa shape index (κ1) is 22.3. The molecule has 158 valence electrons. The predicted molar refractivity (Wildman–Crippen MR) is 118 cm³/mol. The highest BCUT2D eigenvalue weighted by Crippen LogP contribution is 2.31. The summed E-state index contributed by atoms with van der Waals surface area (Å²) in [6.07, 6.45) is 1.25. The summed E-state index contributed by atoms with van der Waals surface area (Å²) in [6.45, 7) is 13.1. The maximum atomic E-state index is 5.62. The number of benzene rings is 1. The van der Waals surface area contributed by atoms with E-state index in [1.165, 1.54) is 5.69 Å². The Balaban J connectivity index is 1.91. The van der Waals surface area contributed by atoms with Crippen LogP contribution in [0.2, 0.25) is 0 Å². The molecule has 2 N–H and O–H groups in total. The van der Waals surface area contributed by atoms with Crippen LogP contribution in [-0.2, 0) is 4.74 Å². The number of nitrogens with zero attached hydrogens (tertiary/aromatic N) is 2. The zero-order chi connectivity index (χ0) is 20.6. The molecule has 2 atom stereocenters. The molecule has 1 aliphatic rings. The molecule has 1 aromatic carbocycles. The molecule has 28 heavy (non-hydrogen) atoms. The molecule has 0 aromatic heterocycles. The second-order valence-corrected chi connectivity index (χ2v) is 8.46. The van der Waals surface area contributed by atoms with Crippen LogP contribution < -0.4 is 20.3 Å². The van der Waals surface area contributed by atoms with Crippen molar-refractivity contribution in [3.63, 3.8) is 0 Å². The fraction of sp³-hybridized carbons (Fsp3) is 0.682. The number of nitrogens with one attached hydrogen (secondary N) is 2. The van der Waals surface area contributed by atoms with Gasteiger partial charge in [0.05, 0.1) is 25.4 Å². The molecule has 0 spiro atoms. The lowest BCUT2D eigenvalue weighted by Gasteiger charge is -2.28. The molecule has 2 rings (SSSR count). The van der Waals surface area contributed by atoms with Gasteiger partial charge in [-0.3, -0.25) is 4.99 Å². The van der Waals surface area contributed by atoms with E-state index in [4.69, 9.17) is 14.5 Å². The Morgan fingerprint density at radius 2 is 2.00 bits per heavy atom. The van der Waals surface area contributed by atoms with E-state index >= 15 is 0 Å². The molecule has 1 aliphatic heterocycles. The van der Waals surface area contributed by atoms with Gasteiger partial charge in [0.25, 0.3) is 0 Å². The normalized spacial score (nSPS) is 18.9. The average Bonchev–Trinajstić information content (AvgIpc) is 3.14. The number of hydrogen-bond donors (Lipinski definition) is 2. The van der Waals surface area contributed by atoms with E-state index in [-0.39, 0.29) is 11.5 Å². The number of para-hydroxylation sites is 2. The fourth-order valence-corrected chi connectivity index (χ4v) is 3.57. The van der Waals surface area contributed by atoms with E-state index in [2.05, 4.69) is 55.4 Å². The largest absolute Gasteiger partial charge is 0.495 e. The van der Waals surface area contributed by atoms with Crippen LogP contribution in [0.25, 0.3) is 0 Å². The Kier molecular flexibility index (Phi) is 8.42. The van der Waals surface area contributed by atoms with Crippen LogP contribution in [0, 0.1) is 11.3 Å². The Bertz CT molecular complexity index is 627. The fourth-order valence-electron chi connectivity index (χ4n) is 3.57. The SMILES string of the molecule is CCNC(=NCC(OC)C(C)(C)C)NCC1CCN(c2ccccc2OC)C1. The van der Waals surface area contributed by atoms with E-state index < -0.39 is 0 Å². The highest BCUT2D eigenvalue weighted by Gasteiger charge is 2.26. The maximum Gasteiger partial charge on any atom is 0.191 e. The summed E-state index contributed by atoms with van der Waals surface area (Å²) in [6, 6.07) is 8.25. The number of guanidine groups is 1. The van der Waals surface area contributed by atoms with Gasteiger partial charge in [-0.25, -0.2) is 0 Å². The van der Waals surface area contributed by atoms with E-state index in [0.717, 1.165) is 44.3 Å². The van der Waals surface area contributed by atoms with Gasteiger partial charge in [0.1, 0.15) is 5.75 Å². The highest BCUT2D eigenvalue weighted by molar-refractivity contribution is 5.79. The molecular formula is C22H38N4O2. The van der Waals surface area contributed by atoms with Crippen molar-refractivity contribution in [2.45, 2.75) is 40.2 Å². The first-order valence-electron chi connectivity index (χ1n) is 10.3. The third kappa shape index (κ3) is 6.30. The Morgan fingerprint density at radius 3 is 2.64 bits per heavy atom. The van der Waals surface area contributed by atoms with Crippen molar-refractivity contribution in [1.82, 2.24) is 10.6 Å². The maximum absolute atomic E-state index is 5.62. The van der Waals surface area contributed by atoms with Crippen LogP contribution in [0.15, 0.2) is 29.3 Å². The Morgan fingerprint density at radius 1 is 1.25 bits per heavy atom. The van der Waals surface area contributed by atoms with Crippen molar-refractivity contribution in [2.24, 2.45) is 16.3 Å². The summed E-state index contributed by atoms with van der Waals surface area (Å²) in [7, 11) is 3.49. The summed E-state index contributed by atoms with van der Waals surface area (Å²) in [5.74, 6) is 2.39. The number of rotatable bonds is 8. The zero-order valence-electron chi connectivity index (χ0n) is 18.4. The average molecular weight is 391 g/mol. The molecule has 1 saturated heterocycles.